The van der Waals surface area contributed by atoms with E-state index in [1.807, 2.05) is 0 Å². The molecule has 0 aromatic heterocycles. The van der Waals surface area contributed by atoms with Gasteiger partial charge in [0.2, 0.25) is 5.91 Å². The Labute approximate surface area is 114 Å². The highest BCUT2D eigenvalue weighted by atomic mass is 19.1. The molecule has 2 atom stereocenters. The summed E-state index contributed by atoms with van der Waals surface area (Å²) in [5, 5.41) is 3.12. The number of benzene rings is 1. The van der Waals surface area contributed by atoms with E-state index in [1.54, 1.807) is 12.1 Å². The molecule has 1 amide bonds. The number of amides is 1. The van der Waals surface area contributed by atoms with Crippen LogP contribution in [0.5, 0.6) is 0 Å². The molecule has 1 N–H and O–H groups in total. The molecule has 0 saturated heterocycles. The van der Waals surface area contributed by atoms with E-state index >= 15 is 0 Å². The summed E-state index contributed by atoms with van der Waals surface area (Å²) < 4.78 is 12.8. The molecule has 1 aromatic rings. The Bertz CT molecular complexity index is 415. The second-order valence-electron chi connectivity index (χ2n) is 5.66. The van der Waals surface area contributed by atoms with Crippen LogP contribution < -0.4 is 5.32 Å². The van der Waals surface area contributed by atoms with E-state index in [2.05, 4.69) is 12.2 Å². The van der Waals surface area contributed by atoms with Crippen LogP contribution in [0.2, 0.25) is 0 Å². The van der Waals surface area contributed by atoms with Crippen LogP contribution >= 0.6 is 0 Å². The highest BCUT2D eigenvalue weighted by Gasteiger charge is 2.20. The Morgan fingerprint density at radius 1 is 1.32 bits per heavy atom. The van der Waals surface area contributed by atoms with Crippen molar-refractivity contribution in [3.63, 3.8) is 0 Å². The summed E-state index contributed by atoms with van der Waals surface area (Å²) in [6.45, 7) is 2.25. The lowest BCUT2D eigenvalue weighted by atomic mass is 9.87. The minimum atomic E-state index is -0.232. The maximum absolute atomic E-state index is 12.8. The number of aryl methyl sites for hydroxylation is 1. The molecule has 19 heavy (non-hydrogen) atoms. The van der Waals surface area contributed by atoms with Crippen molar-refractivity contribution >= 4 is 5.91 Å². The fourth-order valence-electron chi connectivity index (χ4n) is 2.77. The molecule has 1 aromatic carbocycles. The van der Waals surface area contributed by atoms with Crippen molar-refractivity contribution in [1.82, 2.24) is 5.32 Å². The zero-order valence-corrected chi connectivity index (χ0v) is 11.5. The molecule has 3 heteroatoms. The Morgan fingerprint density at radius 2 is 2.05 bits per heavy atom. The maximum Gasteiger partial charge on any atom is 0.220 e. The van der Waals surface area contributed by atoms with E-state index in [-0.39, 0.29) is 11.7 Å². The van der Waals surface area contributed by atoms with Gasteiger partial charge >= 0.3 is 0 Å². The van der Waals surface area contributed by atoms with E-state index in [0.29, 0.717) is 18.9 Å². The number of halogens is 1. The van der Waals surface area contributed by atoms with Crippen LogP contribution in [0, 0.1) is 11.7 Å². The van der Waals surface area contributed by atoms with Crippen molar-refractivity contribution in [2.75, 3.05) is 0 Å². The minimum Gasteiger partial charge on any atom is -0.353 e. The van der Waals surface area contributed by atoms with Crippen molar-refractivity contribution in [3.05, 3.63) is 35.6 Å². The van der Waals surface area contributed by atoms with Crippen LogP contribution in [0.4, 0.5) is 4.39 Å². The lowest BCUT2D eigenvalue weighted by molar-refractivity contribution is -0.122. The Kier molecular flexibility index (Phi) is 4.94. The number of carbonyl (C=O) groups is 1. The monoisotopic (exact) mass is 263 g/mol. The lowest BCUT2D eigenvalue weighted by Gasteiger charge is -2.27. The van der Waals surface area contributed by atoms with E-state index in [9.17, 15) is 9.18 Å². The van der Waals surface area contributed by atoms with Gasteiger partial charge in [0.15, 0.2) is 0 Å². The summed E-state index contributed by atoms with van der Waals surface area (Å²) in [4.78, 5) is 11.9. The first-order chi connectivity index (χ1) is 9.13. The second-order valence-corrected chi connectivity index (χ2v) is 5.66. The van der Waals surface area contributed by atoms with Gasteiger partial charge in [-0.05, 0) is 42.9 Å². The molecule has 0 radical (unpaired) electrons. The third-order valence-corrected chi connectivity index (χ3v) is 3.86. The fraction of sp³-hybridized carbons (Fsp3) is 0.562. The van der Waals surface area contributed by atoms with Gasteiger partial charge in [-0.2, -0.15) is 0 Å². The fourth-order valence-corrected chi connectivity index (χ4v) is 2.77. The molecule has 0 heterocycles. The molecule has 0 spiro atoms. The van der Waals surface area contributed by atoms with Gasteiger partial charge in [0.25, 0.3) is 0 Å². The highest BCUT2D eigenvalue weighted by molar-refractivity contribution is 5.76. The normalized spacial score (nSPS) is 23.1. The molecular formula is C16H22FNO. The molecular weight excluding hydrogens is 241 g/mol. The average molecular weight is 263 g/mol. The first-order valence-electron chi connectivity index (χ1n) is 7.17. The number of nitrogens with one attached hydrogen (secondary N) is 1. The average Bonchev–Trinajstić information content (AvgIpc) is 2.38. The molecule has 2 unspecified atom stereocenters. The molecule has 1 saturated carbocycles. The third-order valence-electron chi connectivity index (χ3n) is 3.86. The first-order valence-corrected chi connectivity index (χ1v) is 7.17. The summed E-state index contributed by atoms with van der Waals surface area (Å²) in [6.07, 6.45) is 5.85. The van der Waals surface area contributed by atoms with Gasteiger partial charge in [0.05, 0.1) is 0 Å². The SMILES string of the molecule is CC1CCCC(NC(=O)CCc2ccc(F)cc2)C1. The Balaban J connectivity index is 1.73. The molecule has 0 bridgehead atoms. The summed E-state index contributed by atoms with van der Waals surface area (Å²) in [5.41, 5.74) is 1.01. The highest BCUT2D eigenvalue weighted by Crippen LogP contribution is 2.23. The Hall–Kier alpha value is -1.38. The zero-order chi connectivity index (χ0) is 13.7. The predicted molar refractivity (Wildman–Crippen MR) is 74.3 cm³/mol. The molecule has 104 valence electrons. The quantitative estimate of drug-likeness (QED) is 0.885. The third kappa shape index (κ3) is 4.66. The van der Waals surface area contributed by atoms with Crippen LogP contribution in [0.3, 0.4) is 0 Å². The van der Waals surface area contributed by atoms with Crippen LogP contribution in [-0.4, -0.2) is 11.9 Å². The Morgan fingerprint density at radius 3 is 2.74 bits per heavy atom. The number of hydrogen-bond acceptors (Lipinski definition) is 1. The van der Waals surface area contributed by atoms with E-state index in [0.717, 1.165) is 24.3 Å². The van der Waals surface area contributed by atoms with Crippen molar-refractivity contribution in [2.24, 2.45) is 5.92 Å². The summed E-state index contributed by atoms with van der Waals surface area (Å²) in [6, 6.07) is 6.72. The van der Waals surface area contributed by atoms with Crippen LogP contribution in [0.25, 0.3) is 0 Å². The van der Waals surface area contributed by atoms with Gasteiger partial charge < -0.3 is 5.32 Å². The number of rotatable bonds is 4. The molecule has 0 aliphatic heterocycles. The predicted octanol–water partition coefficient (Wildman–Crippen LogP) is 3.45. The first kappa shape index (κ1) is 14.0. The zero-order valence-electron chi connectivity index (χ0n) is 11.5. The maximum atomic E-state index is 12.8. The van der Waals surface area contributed by atoms with E-state index in [4.69, 9.17) is 0 Å². The minimum absolute atomic E-state index is 0.114. The molecule has 2 nitrogen and oxygen atoms in total. The second kappa shape index (κ2) is 6.69. The van der Waals surface area contributed by atoms with Gasteiger partial charge in [0.1, 0.15) is 5.82 Å². The summed E-state index contributed by atoms with van der Waals surface area (Å²) in [7, 11) is 0. The van der Waals surface area contributed by atoms with Gasteiger partial charge in [0, 0.05) is 12.5 Å². The number of carbonyl (C=O) groups excluding carboxylic acids is 1. The number of hydrogen-bond donors (Lipinski definition) is 1. The van der Waals surface area contributed by atoms with Gasteiger partial charge in [-0.15, -0.1) is 0 Å². The molecule has 1 fully saturated rings. The van der Waals surface area contributed by atoms with Crippen molar-refractivity contribution in [2.45, 2.75) is 51.5 Å². The standard InChI is InChI=1S/C16H22FNO/c1-12-3-2-4-15(11-12)18-16(19)10-7-13-5-8-14(17)9-6-13/h5-6,8-9,12,15H,2-4,7,10-11H2,1H3,(H,18,19). The lowest BCUT2D eigenvalue weighted by Crippen LogP contribution is -2.38. The van der Waals surface area contributed by atoms with Crippen LogP contribution in [0.15, 0.2) is 24.3 Å². The topological polar surface area (TPSA) is 29.1 Å². The van der Waals surface area contributed by atoms with Crippen molar-refractivity contribution < 1.29 is 9.18 Å². The molecule has 1 aliphatic rings. The molecule has 1 aliphatic carbocycles. The summed E-state index contributed by atoms with van der Waals surface area (Å²) >= 11 is 0. The molecule has 2 rings (SSSR count). The van der Waals surface area contributed by atoms with Gasteiger partial charge in [-0.25, -0.2) is 4.39 Å². The largest absolute Gasteiger partial charge is 0.353 e. The van der Waals surface area contributed by atoms with Crippen molar-refractivity contribution in [3.8, 4) is 0 Å². The van der Waals surface area contributed by atoms with E-state index in [1.165, 1.54) is 25.0 Å². The van der Waals surface area contributed by atoms with Crippen LogP contribution in [0.1, 0.15) is 44.6 Å². The summed E-state index contributed by atoms with van der Waals surface area (Å²) in [5.74, 6) is 0.601. The van der Waals surface area contributed by atoms with Gasteiger partial charge in [-0.1, -0.05) is 31.9 Å². The van der Waals surface area contributed by atoms with E-state index < -0.39 is 0 Å². The van der Waals surface area contributed by atoms with Gasteiger partial charge in [-0.3, -0.25) is 4.79 Å². The van der Waals surface area contributed by atoms with Crippen LogP contribution in [-0.2, 0) is 11.2 Å². The van der Waals surface area contributed by atoms with Crippen molar-refractivity contribution in [1.29, 1.82) is 0 Å². The smallest absolute Gasteiger partial charge is 0.220 e.